The number of carbonyl (C=O) groups is 1. The Morgan fingerprint density at radius 2 is 2.08 bits per heavy atom. The van der Waals surface area contributed by atoms with E-state index in [1.807, 2.05) is 0 Å². The molecular formula is C18H27AsN2O4. The zero-order chi connectivity index (χ0) is 18.4. The molecule has 1 aromatic carbocycles. The predicted octanol–water partition coefficient (Wildman–Crippen LogP) is 1.81. The van der Waals surface area contributed by atoms with Gasteiger partial charge in [0.2, 0.25) is 0 Å². The van der Waals surface area contributed by atoms with Gasteiger partial charge in [-0.25, -0.2) is 0 Å². The third kappa shape index (κ3) is 4.32. The van der Waals surface area contributed by atoms with E-state index in [4.69, 9.17) is 4.65 Å². The number of carboxylic acid groups (broad SMARTS) is 1. The summed E-state index contributed by atoms with van der Waals surface area (Å²) in [6.07, 6.45) is 4.92. The first-order chi connectivity index (χ1) is 11.9. The van der Waals surface area contributed by atoms with Crippen molar-refractivity contribution in [2.75, 3.05) is 6.61 Å². The van der Waals surface area contributed by atoms with E-state index in [0.717, 1.165) is 29.0 Å². The maximum atomic E-state index is 12.0. The number of rotatable bonds is 9. The number of hydrogen-bond donors (Lipinski definition) is 4. The molecule has 0 radical (unpaired) electrons. The summed E-state index contributed by atoms with van der Waals surface area (Å²) in [7, 11) is 0. The monoisotopic (exact) mass is 410 g/mol. The number of aliphatic hydroxyl groups is 1. The van der Waals surface area contributed by atoms with Gasteiger partial charge in [-0.2, -0.15) is 0 Å². The van der Waals surface area contributed by atoms with Gasteiger partial charge in [0.05, 0.1) is 0 Å². The average molecular weight is 410 g/mol. The summed E-state index contributed by atoms with van der Waals surface area (Å²) in [5, 5.41) is 30.2. The number of fused-ring (bicyclic) bond motifs is 1. The van der Waals surface area contributed by atoms with Crippen LogP contribution in [0, 0.1) is 0 Å². The van der Waals surface area contributed by atoms with E-state index in [9.17, 15) is 20.1 Å². The van der Waals surface area contributed by atoms with Crippen molar-refractivity contribution in [3.8, 4) is 5.75 Å². The van der Waals surface area contributed by atoms with Crippen LogP contribution in [0.3, 0.4) is 0 Å². The molecule has 5 N–H and O–H groups in total. The van der Waals surface area contributed by atoms with Gasteiger partial charge in [0.1, 0.15) is 0 Å². The minimum atomic E-state index is -3.65. The van der Waals surface area contributed by atoms with E-state index >= 15 is 0 Å². The molecule has 0 aliphatic carbocycles. The Balaban J connectivity index is 2.55. The van der Waals surface area contributed by atoms with Crippen molar-refractivity contribution in [2.24, 2.45) is 4.65 Å². The summed E-state index contributed by atoms with van der Waals surface area (Å²) >= 11 is -3.65. The van der Waals surface area contributed by atoms with E-state index in [1.165, 1.54) is 0 Å². The molecule has 2 aromatic rings. The van der Waals surface area contributed by atoms with Crippen LogP contribution in [0.25, 0.3) is 10.9 Å². The van der Waals surface area contributed by atoms with Crippen LogP contribution in [0.2, 0.25) is 9.91 Å². The molecule has 0 fully saturated rings. The number of aromatic nitrogens is 1. The molecule has 0 aliphatic heterocycles. The van der Waals surface area contributed by atoms with Crippen LogP contribution in [0.4, 0.5) is 0 Å². The van der Waals surface area contributed by atoms with Crippen molar-refractivity contribution in [1.82, 2.24) is 4.98 Å². The fraction of sp³-hybridized carbons (Fsp3) is 0.444. The van der Waals surface area contributed by atoms with Crippen molar-refractivity contribution in [1.29, 1.82) is 0 Å². The summed E-state index contributed by atoms with van der Waals surface area (Å²) in [5.41, 5.74) is 0.591. The number of aliphatic hydroxyl groups excluding tert-OH is 1. The van der Waals surface area contributed by atoms with Gasteiger partial charge < -0.3 is 0 Å². The van der Waals surface area contributed by atoms with Gasteiger partial charge in [0.25, 0.3) is 0 Å². The third-order valence-electron chi connectivity index (χ3n) is 4.77. The molecule has 0 bridgehead atoms. The average Bonchev–Trinajstić information content (AvgIpc) is 2.57. The van der Waals surface area contributed by atoms with Gasteiger partial charge >= 0.3 is 150 Å². The Labute approximate surface area is 150 Å². The van der Waals surface area contributed by atoms with E-state index in [1.54, 1.807) is 30.5 Å². The topological polar surface area (TPSA) is 117 Å². The second kappa shape index (κ2) is 8.65. The summed E-state index contributed by atoms with van der Waals surface area (Å²) < 4.78 is 7.01. The number of nitrogens with zero attached hydrogens (tertiary/aromatic N) is 1. The zero-order valence-electron chi connectivity index (χ0n) is 14.5. The molecule has 1 atom stereocenters. The van der Waals surface area contributed by atoms with Crippen molar-refractivity contribution >= 4 is 35.0 Å². The van der Waals surface area contributed by atoms with E-state index in [-0.39, 0.29) is 12.4 Å². The maximum absolute atomic E-state index is 12.0. The van der Waals surface area contributed by atoms with Crippen LogP contribution in [0.1, 0.15) is 32.6 Å². The first kappa shape index (κ1) is 19.7. The normalized spacial score (nSPS) is 13.7. The third-order valence-corrected chi connectivity index (χ3v) is 13.7. The number of pyridine rings is 1. The van der Waals surface area contributed by atoms with Crippen LogP contribution < -0.4 is 9.00 Å². The molecule has 6 nitrogen and oxygen atoms in total. The SMILES string of the molecule is CCCCCC(C(=O)O)[AsH](N)(CCO)c1ccnc2cc(O)ccc12. The fourth-order valence-electron chi connectivity index (χ4n) is 3.42. The van der Waals surface area contributed by atoms with Crippen LogP contribution in [0.15, 0.2) is 30.5 Å². The molecule has 0 aliphatic rings. The summed E-state index contributed by atoms with van der Waals surface area (Å²) in [6, 6.07) is 6.64. The van der Waals surface area contributed by atoms with Gasteiger partial charge in [-0.15, -0.1) is 0 Å². The van der Waals surface area contributed by atoms with Gasteiger partial charge in [-0.05, 0) is 0 Å². The summed E-state index contributed by atoms with van der Waals surface area (Å²) in [4.78, 5) is 16.3. The number of carboxylic acids is 1. The molecule has 2 rings (SSSR count). The van der Waals surface area contributed by atoms with Crippen molar-refractivity contribution in [3.05, 3.63) is 30.5 Å². The van der Waals surface area contributed by atoms with Crippen LogP contribution in [0.5, 0.6) is 5.75 Å². The standard InChI is InChI=1S/C18H27AsN2O4/c1-2-3-4-5-16(18(24)25)19(20,9-11-22)15-8-10-21-17-12-13(23)6-7-14(15)17/h6-8,10,12,16,19,22-23H,2-5,9,11,20H2,1H3,(H,24,25). The molecular weight excluding hydrogens is 383 g/mol. The first-order valence-electron chi connectivity index (χ1n) is 8.64. The van der Waals surface area contributed by atoms with Crippen molar-refractivity contribution in [2.45, 2.75) is 42.5 Å². The predicted molar refractivity (Wildman–Crippen MR) is 102 cm³/mol. The fourth-order valence-corrected chi connectivity index (χ4v) is 11.0. The van der Waals surface area contributed by atoms with E-state index in [2.05, 4.69) is 11.9 Å². The van der Waals surface area contributed by atoms with E-state index in [0.29, 0.717) is 17.1 Å². The molecule has 0 spiro atoms. The number of unbranched alkanes of at least 4 members (excludes halogenated alkanes) is 2. The zero-order valence-corrected chi connectivity index (χ0v) is 16.6. The molecule has 1 aromatic heterocycles. The second-order valence-corrected chi connectivity index (χ2v) is 14.5. The Hall–Kier alpha value is -1.62. The number of nitrogens with two attached hydrogens (primary N) is 1. The molecule has 1 heterocycles. The molecule has 0 amide bonds. The van der Waals surface area contributed by atoms with Crippen LogP contribution in [-0.4, -0.2) is 46.7 Å². The number of aromatic hydroxyl groups is 1. The quantitative estimate of drug-likeness (QED) is 0.370. The van der Waals surface area contributed by atoms with Crippen molar-refractivity contribution in [3.63, 3.8) is 0 Å². The van der Waals surface area contributed by atoms with Gasteiger partial charge in [-0.3, -0.25) is 0 Å². The Morgan fingerprint density at radius 3 is 2.72 bits per heavy atom. The van der Waals surface area contributed by atoms with Gasteiger partial charge in [0, 0.05) is 0 Å². The van der Waals surface area contributed by atoms with Crippen LogP contribution in [-0.2, 0) is 4.79 Å². The number of hydrogen-bond acceptors (Lipinski definition) is 5. The Bertz CT molecular complexity index is 740. The number of phenolic OH excluding ortho intramolecular Hbond substituents is 1. The number of phenols is 1. The number of aliphatic carboxylic acids is 1. The minimum absolute atomic E-state index is 0.104. The first-order valence-corrected chi connectivity index (χ1v) is 13.6. The molecule has 1 unspecified atom stereocenters. The van der Waals surface area contributed by atoms with Gasteiger partial charge in [0.15, 0.2) is 0 Å². The molecule has 0 saturated heterocycles. The Morgan fingerprint density at radius 1 is 1.32 bits per heavy atom. The summed E-state index contributed by atoms with van der Waals surface area (Å²) in [6.45, 7) is 1.94. The second-order valence-electron chi connectivity index (χ2n) is 6.46. The molecule has 25 heavy (non-hydrogen) atoms. The Kier molecular flexibility index (Phi) is 6.82. The molecule has 0 saturated carbocycles. The van der Waals surface area contributed by atoms with E-state index < -0.39 is 24.5 Å². The van der Waals surface area contributed by atoms with Crippen molar-refractivity contribution < 1.29 is 20.1 Å². The number of benzene rings is 1. The summed E-state index contributed by atoms with van der Waals surface area (Å²) in [5.74, 6) is -0.775. The molecule has 138 valence electrons. The van der Waals surface area contributed by atoms with Crippen LogP contribution >= 0.6 is 0 Å². The van der Waals surface area contributed by atoms with Gasteiger partial charge in [-0.1, -0.05) is 0 Å². The molecule has 7 heteroatoms.